The fraction of sp³-hybridized carbons (Fsp3) is 0. The van der Waals surface area contributed by atoms with Crippen molar-refractivity contribution < 1.29 is 9.90 Å². The summed E-state index contributed by atoms with van der Waals surface area (Å²) < 4.78 is 0. The minimum Gasteiger partial charge on any atom is -0.507 e. The number of ketones is 1. The van der Waals surface area contributed by atoms with Crippen molar-refractivity contribution >= 4 is 24.2 Å². The number of carbonyl (C=O) groups is 1. The van der Waals surface area contributed by atoms with Crippen molar-refractivity contribution in [2.45, 2.75) is 4.90 Å². The molecule has 0 aliphatic carbocycles. The van der Waals surface area contributed by atoms with E-state index in [9.17, 15) is 9.90 Å². The van der Waals surface area contributed by atoms with Crippen molar-refractivity contribution in [3.05, 3.63) is 96.1 Å². The molecule has 0 saturated heterocycles. The van der Waals surface area contributed by atoms with E-state index in [0.29, 0.717) is 16.0 Å². The molecule has 118 valence electrons. The highest BCUT2D eigenvalue weighted by atomic mass is 32.1. The maximum Gasteiger partial charge on any atom is 0.190 e. The molecule has 0 aliphatic rings. The van der Waals surface area contributed by atoms with Gasteiger partial charge in [-0.2, -0.15) is 0 Å². The number of aliphatic hydroxyl groups excluding tert-OH is 1. The second kappa shape index (κ2) is 7.20. The molecule has 0 saturated carbocycles. The van der Waals surface area contributed by atoms with E-state index in [1.807, 2.05) is 54.6 Å². The van der Waals surface area contributed by atoms with Crippen molar-refractivity contribution in [3.8, 4) is 11.1 Å². The first-order valence-electron chi connectivity index (χ1n) is 7.54. The molecule has 0 fully saturated rings. The van der Waals surface area contributed by atoms with Gasteiger partial charge in [-0.05, 0) is 29.3 Å². The van der Waals surface area contributed by atoms with Crippen LogP contribution in [-0.2, 0) is 0 Å². The van der Waals surface area contributed by atoms with E-state index in [-0.39, 0.29) is 11.5 Å². The van der Waals surface area contributed by atoms with Gasteiger partial charge in [-0.25, -0.2) is 0 Å². The summed E-state index contributed by atoms with van der Waals surface area (Å²) in [5, 5.41) is 10.3. The lowest BCUT2D eigenvalue weighted by molar-refractivity contribution is 0.104. The van der Waals surface area contributed by atoms with Gasteiger partial charge in [0, 0.05) is 22.1 Å². The molecule has 24 heavy (non-hydrogen) atoms. The van der Waals surface area contributed by atoms with Crippen molar-refractivity contribution in [3.63, 3.8) is 0 Å². The lowest BCUT2D eigenvalue weighted by Gasteiger charge is -2.06. The zero-order valence-electron chi connectivity index (χ0n) is 12.9. The molecule has 0 radical (unpaired) electrons. The molecule has 0 atom stereocenters. The Balaban J connectivity index is 1.92. The van der Waals surface area contributed by atoms with Crippen LogP contribution in [0.3, 0.4) is 0 Å². The number of hydrogen-bond acceptors (Lipinski definition) is 3. The topological polar surface area (TPSA) is 37.3 Å². The minimum atomic E-state index is -0.275. The SMILES string of the molecule is O=C(C=C(O)c1cccc(-c2ccccc2)c1)c1ccccc1S. The first-order valence-corrected chi connectivity index (χ1v) is 7.99. The van der Waals surface area contributed by atoms with Crippen LogP contribution in [0, 0.1) is 0 Å². The van der Waals surface area contributed by atoms with E-state index in [4.69, 9.17) is 0 Å². The Morgan fingerprint density at radius 2 is 1.50 bits per heavy atom. The Hall–Kier alpha value is -2.78. The Morgan fingerprint density at radius 3 is 2.25 bits per heavy atom. The number of rotatable bonds is 4. The van der Waals surface area contributed by atoms with Gasteiger partial charge in [0.2, 0.25) is 0 Å². The summed E-state index contributed by atoms with van der Waals surface area (Å²) in [6.45, 7) is 0. The normalized spacial score (nSPS) is 11.3. The van der Waals surface area contributed by atoms with Crippen molar-refractivity contribution in [1.82, 2.24) is 0 Å². The van der Waals surface area contributed by atoms with Gasteiger partial charge in [-0.1, -0.05) is 60.7 Å². The predicted octanol–water partition coefficient (Wildman–Crippen LogP) is 5.42. The van der Waals surface area contributed by atoms with E-state index in [2.05, 4.69) is 12.6 Å². The molecule has 0 spiro atoms. The molecule has 0 amide bonds. The van der Waals surface area contributed by atoms with Crippen LogP contribution in [-0.4, -0.2) is 10.9 Å². The van der Waals surface area contributed by atoms with Crippen LogP contribution in [0.5, 0.6) is 0 Å². The third-order valence-electron chi connectivity index (χ3n) is 3.70. The standard InChI is InChI=1S/C21H16O2S/c22-19(14-20(23)18-11-4-5-12-21(18)24)17-10-6-9-16(13-17)15-7-2-1-3-8-15/h1-14,22,24H. The highest BCUT2D eigenvalue weighted by molar-refractivity contribution is 7.80. The van der Waals surface area contributed by atoms with Crippen LogP contribution in [0.4, 0.5) is 0 Å². The number of allylic oxidation sites excluding steroid dienone is 1. The second-order valence-electron chi connectivity index (χ2n) is 5.36. The summed E-state index contributed by atoms with van der Waals surface area (Å²) in [6, 6.07) is 24.4. The van der Waals surface area contributed by atoms with Gasteiger partial charge in [0.15, 0.2) is 5.78 Å². The summed E-state index contributed by atoms with van der Waals surface area (Å²) in [6.07, 6.45) is 1.24. The van der Waals surface area contributed by atoms with Crippen molar-refractivity contribution in [2.75, 3.05) is 0 Å². The summed E-state index contributed by atoms with van der Waals surface area (Å²) in [7, 11) is 0. The van der Waals surface area contributed by atoms with Gasteiger partial charge in [-0.15, -0.1) is 12.6 Å². The number of hydrogen-bond donors (Lipinski definition) is 2. The van der Waals surface area contributed by atoms with Crippen LogP contribution >= 0.6 is 12.6 Å². The Kier molecular flexibility index (Phi) is 4.82. The average molecular weight is 332 g/mol. The van der Waals surface area contributed by atoms with Crippen LogP contribution in [0.25, 0.3) is 16.9 Å². The molecule has 1 N–H and O–H groups in total. The Bertz CT molecular complexity index is 898. The average Bonchev–Trinajstić information content (AvgIpc) is 2.63. The molecule has 0 unspecified atom stereocenters. The number of aliphatic hydroxyl groups is 1. The Labute approximate surface area is 146 Å². The minimum absolute atomic E-state index is 0.0608. The van der Waals surface area contributed by atoms with Crippen LogP contribution in [0.1, 0.15) is 15.9 Å². The lowest BCUT2D eigenvalue weighted by atomic mass is 10.0. The van der Waals surface area contributed by atoms with Crippen LogP contribution in [0.15, 0.2) is 89.8 Å². The number of benzene rings is 3. The second-order valence-corrected chi connectivity index (χ2v) is 5.84. The number of thiol groups is 1. The first kappa shape index (κ1) is 16.1. The fourth-order valence-corrected chi connectivity index (χ4v) is 2.73. The van der Waals surface area contributed by atoms with Gasteiger partial charge < -0.3 is 5.11 Å². The molecule has 0 bridgehead atoms. The molecule has 3 aromatic carbocycles. The molecule has 3 heteroatoms. The first-order chi connectivity index (χ1) is 11.6. The molecule has 3 aromatic rings. The largest absolute Gasteiger partial charge is 0.507 e. The molecular weight excluding hydrogens is 316 g/mol. The zero-order valence-corrected chi connectivity index (χ0v) is 13.8. The van der Waals surface area contributed by atoms with Crippen LogP contribution < -0.4 is 0 Å². The summed E-state index contributed by atoms with van der Waals surface area (Å²) in [4.78, 5) is 12.9. The van der Waals surface area contributed by atoms with Gasteiger partial charge in [0.1, 0.15) is 5.76 Å². The quantitative estimate of drug-likeness (QED) is 0.289. The molecule has 0 heterocycles. The van der Waals surface area contributed by atoms with E-state index in [0.717, 1.165) is 11.1 Å². The van der Waals surface area contributed by atoms with Crippen molar-refractivity contribution in [2.24, 2.45) is 0 Å². The van der Waals surface area contributed by atoms with E-state index in [1.54, 1.807) is 24.3 Å². The lowest BCUT2D eigenvalue weighted by Crippen LogP contribution is -1.98. The van der Waals surface area contributed by atoms with Gasteiger partial charge in [0.25, 0.3) is 0 Å². The van der Waals surface area contributed by atoms with Crippen molar-refractivity contribution in [1.29, 1.82) is 0 Å². The summed E-state index contributed by atoms with van der Waals surface area (Å²) in [5.74, 6) is -0.336. The highest BCUT2D eigenvalue weighted by Gasteiger charge is 2.09. The van der Waals surface area contributed by atoms with Gasteiger partial charge in [0.05, 0.1) is 0 Å². The maximum absolute atomic E-state index is 12.3. The van der Waals surface area contributed by atoms with E-state index >= 15 is 0 Å². The Morgan fingerprint density at radius 1 is 0.833 bits per heavy atom. The van der Waals surface area contributed by atoms with E-state index in [1.165, 1.54) is 6.08 Å². The fourth-order valence-electron chi connectivity index (χ4n) is 2.46. The highest BCUT2D eigenvalue weighted by Crippen LogP contribution is 2.23. The smallest absolute Gasteiger partial charge is 0.190 e. The summed E-state index contributed by atoms with van der Waals surface area (Å²) >= 11 is 4.28. The van der Waals surface area contributed by atoms with Gasteiger partial charge >= 0.3 is 0 Å². The van der Waals surface area contributed by atoms with Gasteiger partial charge in [-0.3, -0.25) is 4.79 Å². The number of carbonyl (C=O) groups excluding carboxylic acids is 1. The molecule has 2 nitrogen and oxygen atoms in total. The zero-order chi connectivity index (χ0) is 16.9. The maximum atomic E-state index is 12.3. The monoisotopic (exact) mass is 332 g/mol. The van der Waals surface area contributed by atoms with E-state index < -0.39 is 0 Å². The molecule has 3 rings (SSSR count). The third kappa shape index (κ3) is 3.58. The third-order valence-corrected chi connectivity index (χ3v) is 4.09. The van der Waals surface area contributed by atoms with Crippen LogP contribution in [0.2, 0.25) is 0 Å². The predicted molar refractivity (Wildman–Crippen MR) is 101 cm³/mol. The summed E-state index contributed by atoms with van der Waals surface area (Å²) in [5.41, 5.74) is 3.10. The molecule has 0 aromatic heterocycles. The molecular formula is C21H16O2S. The molecule has 0 aliphatic heterocycles.